The van der Waals surface area contributed by atoms with Gasteiger partial charge in [-0.1, -0.05) is 74.5 Å². The summed E-state index contributed by atoms with van der Waals surface area (Å²) < 4.78 is 1.86. The molecule has 0 saturated carbocycles. The Hall–Kier alpha value is -2.92. The predicted octanol–water partition coefficient (Wildman–Crippen LogP) is 5.78. The zero-order valence-corrected chi connectivity index (χ0v) is 17.1. The molecule has 3 aromatic rings. The molecule has 0 aliphatic heterocycles. The molecular weight excluding hydrogens is 366 g/mol. The number of carbonyl (C=O) groups is 1. The summed E-state index contributed by atoms with van der Waals surface area (Å²) >= 11 is 5.47. The minimum Gasteiger partial charge on any atom is -0.288 e. The van der Waals surface area contributed by atoms with E-state index in [0.717, 1.165) is 17.7 Å². The zero-order chi connectivity index (χ0) is 20.1. The lowest BCUT2D eigenvalue weighted by atomic mass is 9.99. The Morgan fingerprint density at radius 1 is 1.07 bits per heavy atom. The van der Waals surface area contributed by atoms with Crippen LogP contribution < -0.4 is 0 Å². The Balaban J connectivity index is 2.17. The van der Waals surface area contributed by atoms with Crippen molar-refractivity contribution in [2.45, 2.75) is 27.2 Å². The minimum absolute atomic E-state index is 0.104. The molecule has 1 aromatic heterocycles. The van der Waals surface area contributed by atoms with Crippen molar-refractivity contribution in [1.82, 2.24) is 9.66 Å². The second-order valence-electron chi connectivity index (χ2n) is 7.12. The standard InChI is InChI=1S/C23H23N3OS/c1-16(2)14-17(3)25-26-15-20(22(27)19-12-8-5-9-13-19)21(24-23(26)28)18-10-6-4-7-11-18/h4-13,15-16H,14H2,1-3H3/b25-17+. The normalized spacial score (nSPS) is 11.6. The summed E-state index contributed by atoms with van der Waals surface area (Å²) in [5.41, 5.74) is 3.45. The molecule has 28 heavy (non-hydrogen) atoms. The van der Waals surface area contributed by atoms with Gasteiger partial charge in [0.05, 0.1) is 11.3 Å². The lowest BCUT2D eigenvalue weighted by Crippen LogP contribution is -2.11. The van der Waals surface area contributed by atoms with Crippen molar-refractivity contribution in [3.63, 3.8) is 0 Å². The van der Waals surface area contributed by atoms with E-state index < -0.39 is 0 Å². The van der Waals surface area contributed by atoms with Crippen molar-refractivity contribution in [3.05, 3.63) is 82.8 Å². The SMILES string of the molecule is C/C(CC(C)C)=N\n1cc(C(=O)c2ccccc2)c(-c2ccccc2)nc1=S. The highest BCUT2D eigenvalue weighted by Crippen LogP contribution is 2.24. The van der Waals surface area contributed by atoms with Crippen molar-refractivity contribution in [2.24, 2.45) is 11.0 Å². The van der Waals surface area contributed by atoms with Crippen molar-refractivity contribution in [1.29, 1.82) is 0 Å². The van der Waals surface area contributed by atoms with Gasteiger partial charge < -0.3 is 0 Å². The third kappa shape index (κ3) is 4.67. The highest BCUT2D eigenvalue weighted by molar-refractivity contribution is 7.71. The third-order valence-corrected chi connectivity index (χ3v) is 4.50. The smallest absolute Gasteiger partial charge is 0.220 e. The lowest BCUT2D eigenvalue weighted by Gasteiger charge is -2.12. The number of benzene rings is 2. The average Bonchev–Trinajstić information content (AvgIpc) is 2.69. The molecular formula is C23H23N3OS. The molecule has 0 fully saturated rings. The molecule has 0 aliphatic rings. The maximum atomic E-state index is 13.2. The fraction of sp³-hybridized carbons (Fsp3) is 0.217. The Labute approximate surface area is 170 Å². The van der Waals surface area contributed by atoms with Crippen LogP contribution in [-0.4, -0.2) is 21.2 Å². The molecule has 5 heteroatoms. The molecule has 0 atom stereocenters. The topological polar surface area (TPSA) is 47.2 Å². The molecule has 4 nitrogen and oxygen atoms in total. The Bertz CT molecular complexity index is 1050. The van der Waals surface area contributed by atoms with E-state index in [1.165, 1.54) is 4.68 Å². The van der Waals surface area contributed by atoms with Crippen LogP contribution in [0.25, 0.3) is 11.3 Å². The highest BCUT2D eigenvalue weighted by atomic mass is 32.1. The number of ketones is 1. The summed E-state index contributed by atoms with van der Waals surface area (Å²) in [6.07, 6.45) is 2.56. The van der Waals surface area contributed by atoms with E-state index in [4.69, 9.17) is 12.2 Å². The van der Waals surface area contributed by atoms with Gasteiger partial charge in [-0.15, -0.1) is 0 Å². The highest BCUT2D eigenvalue weighted by Gasteiger charge is 2.18. The maximum Gasteiger partial charge on any atom is 0.220 e. The Morgan fingerprint density at radius 3 is 2.29 bits per heavy atom. The molecule has 0 unspecified atom stereocenters. The number of hydrogen-bond donors (Lipinski definition) is 0. The largest absolute Gasteiger partial charge is 0.288 e. The molecule has 0 N–H and O–H groups in total. The molecule has 2 aromatic carbocycles. The molecule has 0 spiro atoms. The summed E-state index contributed by atoms with van der Waals surface area (Å²) in [6.45, 7) is 6.24. The second-order valence-corrected chi connectivity index (χ2v) is 7.49. The van der Waals surface area contributed by atoms with Crippen LogP contribution in [0.2, 0.25) is 0 Å². The van der Waals surface area contributed by atoms with Gasteiger partial charge in [0.2, 0.25) is 4.77 Å². The van der Waals surface area contributed by atoms with Gasteiger partial charge in [-0.3, -0.25) is 4.79 Å². The first-order valence-corrected chi connectivity index (χ1v) is 9.70. The van der Waals surface area contributed by atoms with Crippen LogP contribution in [0.1, 0.15) is 43.1 Å². The Kier molecular flexibility index (Phi) is 6.26. The summed E-state index contributed by atoms with van der Waals surface area (Å²) in [5, 5.41) is 4.58. The van der Waals surface area contributed by atoms with Crippen LogP contribution >= 0.6 is 12.2 Å². The van der Waals surface area contributed by atoms with Crippen LogP contribution in [0.5, 0.6) is 0 Å². The van der Waals surface area contributed by atoms with Crippen LogP contribution in [0.3, 0.4) is 0 Å². The maximum absolute atomic E-state index is 13.2. The molecule has 0 aliphatic carbocycles. The Morgan fingerprint density at radius 2 is 1.68 bits per heavy atom. The molecule has 0 bridgehead atoms. The van der Waals surface area contributed by atoms with E-state index in [1.54, 1.807) is 18.3 Å². The summed E-state index contributed by atoms with van der Waals surface area (Å²) in [7, 11) is 0. The molecule has 142 valence electrons. The number of hydrogen-bond acceptors (Lipinski definition) is 4. The van der Waals surface area contributed by atoms with E-state index >= 15 is 0 Å². The fourth-order valence-electron chi connectivity index (χ4n) is 3.06. The van der Waals surface area contributed by atoms with Gasteiger partial charge in [0, 0.05) is 23.0 Å². The minimum atomic E-state index is -0.104. The quantitative estimate of drug-likeness (QED) is 0.305. The lowest BCUT2D eigenvalue weighted by molar-refractivity contribution is 0.103. The summed E-state index contributed by atoms with van der Waals surface area (Å²) in [5.74, 6) is 0.382. The predicted molar refractivity (Wildman–Crippen MR) is 116 cm³/mol. The van der Waals surface area contributed by atoms with Gasteiger partial charge in [-0.05, 0) is 31.5 Å². The van der Waals surface area contributed by atoms with E-state index in [1.807, 2.05) is 55.5 Å². The summed E-state index contributed by atoms with van der Waals surface area (Å²) in [4.78, 5) is 17.8. The molecule has 0 saturated heterocycles. The van der Waals surface area contributed by atoms with Crippen LogP contribution in [0.4, 0.5) is 0 Å². The van der Waals surface area contributed by atoms with Crippen molar-refractivity contribution in [2.75, 3.05) is 0 Å². The molecule has 3 rings (SSSR count). The summed E-state index contributed by atoms with van der Waals surface area (Å²) in [6, 6.07) is 18.8. The monoisotopic (exact) mass is 389 g/mol. The molecule has 1 heterocycles. The molecule has 0 amide bonds. The van der Waals surface area contributed by atoms with E-state index in [2.05, 4.69) is 23.9 Å². The number of rotatable bonds is 6. The van der Waals surface area contributed by atoms with Gasteiger partial charge in [-0.2, -0.15) is 5.10 Å². The number of nitrogens with zero attached hydrogens (tertiary/aromatic N) is 3. The molecule has 0 radical (unpaired) electrons. The number of aromatic nitrogens is 2. The van der Waals surface area contributed by atoms with Crippen LogP contribution in [0.15, 0.2) is 72.0 Å². The van der Waals surface area contributed by atoms with Gasteiger partial charge >= 0.3 is 0 Å². The van der Waals surface area contributed by atoms with Crippen molar-refractivity contribution >= 4 is 23.7 Å². The van der Waals surface area contributed by atoms with Gasteiger partial charge in [0.15, 0.2) is 5.78 Å². The van der Waals surface area contributed by atoms with Crippen LogP contribution in [-0.2, 0) is 0 Å². The van der Waals surface area contributed by atoms with Crippen molar-refractivity contribution in [3.8, 4) is 11.3 Å². The van der Waals surface area contributed by atoms with Crippen LogP contribution in [0, 0.1) is 10.7 Å². The second kappa shape index (κ2) is 8.85. The first kappa shape index (κ1) is 19.8. The fourth-order valence-corrected chi connectivity index (χ4v) is 3.25. The van der Waals surface area contributed by atoms with Gasteiger partial charge in [-0.25, -0.2) is 9.66 Å². The zero-order valence-electron chi connectivity index (χ0n) is 16.3. The van der Waals surface area contributed by atoms with E-state index in [-0.39, 0.29) is 5.78 Å². The first-order valence-electron chi connectivity index (χ1n) is 9.29. The van der Waals surface area contributed by atoms with Gasteiger partial charge in [0.1, 0.15) is 0 Å². The number of carbonyl (C=O) groups excluding carboxylic acids is 1. The first-order chi connectivity index (χ1) is 13.5. The van der Waals surface area contributed by atoms with E-state index in [0.29, 0.717) is 27.5 Å². The van der Waals surface area contributed by atoms with Crippen molar-refractivity contribution < 1.29 is 4.79 Å². The van der Waals surface area contributed by atoms with Gasteiger partial charge in [0.25, 0.3) is 0 Å². The third-order valence-electron chi connectivity index (χ3n) is 4.22. The van der Waals surface area contributed by atoms with E-state index in [9.17, 15) is 4.79 Å². The average molecular weight is 390 g/mol.